The minimum Gasteiger partial charge on any atom is -0.360 e. The Hall–Kier alpha value is -1.82. The SMILES string of the molecule is O=C(Cl)c1c[nH]c2ccc(C(F)(F)F)cc2c1=O. The van der Waals surface area contributed by atoms with Gasteiger partial charge in [0.05, 0.1) is 11.1 Å². The molecule has 1 aromatic carbocycles. The van der Waals surface area contributed by atoms with Gasteiger partial charge in [-0.3, -0.25) is 9.59 Å². The van der Waals surface area contributed by atoms with Crippen LogP contribution in [0.5, 0.6) is 0 Å². The number of rotatable bonds is 1. The highest BCUT2D eigenvalue weighted by molar-refractivity contribution is 6.67. The number of hydrogen-bond donors (Lipinski definition) is 1. The molecule has 0 amide bonds. The van der Waals surface area contributed by atoms with Crippen molar-refractivity contribution in [2.45, 2.75) is 6.18 Å². The quantitative estimate of drug-likeness (QED) is 0.814. The van der Waals surface area contributed by atoms with Gasteiger partial charge < -0.3 is 4.98 Å². The van der Waals surface area contributed by atoms with Gasteiger partial charge in [0.25, 0.3) is 5.24 Å². The van der Waals surface area contributed by atoms with Gasteiger partial charge in [-0.05, 0) is 29.8 Å². The maximum absolute atomic E-state index is 12.5. The molecule has 0 fully saturated rings. The number of pyridine rings is 1. The van der Waals surface area contributed by atoms with Gasteiger partial charge in [-0.2, -0.15) is 13.2 Å². The van der Waals surface area contributed by atoms with E-state index in [0.717, 1.165) is 18.3 Å². The Morgan fingerprint density at radius 3 is 2.50 bits per heavy atom. The Morgan fingerprint density at radius 2 is 1.94 bits per heavy atom. The highest BCUT2D eigenvalue weighted by atomic mass is 35.5. The molecule has 18 heavy (non-hydrogen) atoms. The Labute approximate surface area is 103 Å². The van der Waals surface area contributed by atoms with E-state index < -0.39 is 22.4 Å². The van der Waals surface area contributed by atoms with Gasteiger partial charge in [-0.15, -0.1) is 0 Å². The number of hydrogen-bond acceptors (Lipinski definition) is 2. The first-order chi connectivity index (χ1) is 8.30. The van der Waals surface area contributed by atoms with E-state index in [-0.39, 0.29) is 16.5 Å². The zero-order valence-corrected chi connectivity index (χ0v) is 9.39. The number of nitrogens with one attached hydrogen (secondary N) is 1. The molecule has 0 aliphatic rings. The monoisotopic (exact) mass is 275 g/mol. The largest absolute Gasteiger partial charge is 0.416 e. The molecule has 0 aliphatic carbocycles. The third-order valence-electron chi connectivity index (χ3n) is 2.42. The average molecular weight is 276 g/mol. The van der Waals surface area contributed by atoms with Gasteiger partial charge in [-0.1, -0.05) is 0 Å². The molecular weight excluding hydrogens is 271 g/mol. The van der Waals surface area contributed by atoms with E-state index in [1.807, 2.05) is 0 Å². The molecule has 0 saturated carbocycles. The van der Waals surface area contributed by atoms with E-state index in [0.29, 0.717) is 6.07 Å². The molecular formula is C11H5ClF3NO2. The number of alkyl halides is 3. The van der Waals surface area contributed by atoms with Gasteiger partial charge in [0.1, 0.15) is 0 Å². The number of H-pyrrole nitrogens is 1. The molecule has 0 aliphatic heterocycles. The highest BCUT2D eigenvalue weighted by Gasteiger charge is 2.30. The summed E-state index contributed by atoms with van der Waals surface area (Å²) in [4.78, 5) is 25.2. The van der Waals surface area contributed by atoms with Crippen molar-refractivity contribution in [1.29, 1.82) is 0 Å². The lowest BCUT2D eigenvalue weighted by molar-refractivity contribution is -0.137. The smallest absolute Gasteiger partial charge is 0.360 e. The lowest BCUT2D eigenvalue weighted by Crippen LogP contribution is -2.14. The summed E-state index contributed by atoms with van der Waals surface area (Å²) in [6.45, 7) is 0. The summed E-state index contributed by atoms with van der Waals surface area (Å²) in [6.07, 6.45) is -3.48. The molecule has 94 valence electrons. The summed E-state index contributed by atoms with van der Waals surface area (Å²) in [5.41, 5.74) is -1.97. The Morgan fingerprint density at radius 1 is 1.28 bits per heavy atom. The molecule has 0 unspecified atom stereocenters. The maximum atomic E-state index is 12.5. The summed E-state index contributed by atoms with van der Waals surface area (Å²) in [5.74, 6) is 0. The van der Waals surface area contributed by atoms with Crippen LogP contribution in [-0.2, 0) is 6.18 Å². The van der Waals surface area contributed by atoms with E-state index in [4.69, 9.17) is 11.6 Å². The number of benzene rings is 1. The molecule has 2 aromatic rings. The summed E-state index contributed by atoms with van der Waals surface area (Å²) in [5, 5.41) is -1.24. The number of fused-ring (bicyclic) bond motifs is 1. The second-order valence-corrected chi connectivity index (χ2v) is 3.91. The van der Waals surface area contributed by atoms with Crippen molar-refractivity contribution < 1.29 is 18.0 Å². The summed E-state index contributed by atoms with van der Waals surface area (Å²) >= 11 is 5.16. The van der Waals surface area contributed by atoms with Crippen LogP contribution in [0, 0.1) is 0 Å². The highest BCUT2D eigenvalue weighted by Crippen LogP contribution is 2.30. The number of halogens is 4. The summed E-state index contributed by atoms with van der Waals surface area (Å²) < 4.78 is 37.5. The molecule has 2 rings (SSSR count). The third kappa shape index (κ3) is 2.11. The van der Waals surface area contributed by atoms with E-state index in [9.17, 15) is 22.8 Å². The standard InChI is InChI=1S/C11H5ClF3NO2/c12-10(18)7-4-16-8-2-1-5(11(13,14)15)3-6(8)9(7)17/h1-4H,(H,16,17). The number of carbonyl (C=O) groups is 1. The molecule has 1 N–H and O–H groups in total. The van der Waals surface area contributed by atoms with Gasteiger partial charge in [-0.25, -0.2) is 0 Å². The molecule has 1 aromatic heterocycles. The molecule has 0 radical (unpaired) electrons. The second kappa shape index (κ2) is 4.13. The van der Waals surface area contributed by atoms with Crippen LogP contribution in [0.1, 0.15) is 15.9 Å². The van der Waals surface area contributed by atoms with Crippen molar-refractivity contribution in [3.63, 3.8) is 0 Å². The predicted molar refractivity (Wildman–Crippen MR) is 59.8 cm³/mol. The minimum atomic E-state index is -4.55. The first-order valence-electron chi connectivity index (χ1n) is 4.73. The fraction of sp³-hybridized carbons (Fsp3) is 0.0909. The lowest BCUT2D eigenvalue weighted by Gasteiger charge is -2.07. The first kappa shape index (κ1) is 12.6. The topological polar surface area (TPSA) is 49.9 Å². The minimum absolute atomic E-state index is 0.203. The van der Waals surface area contributed by atoms with Crippen LogP contribution in [0.15, 0.2) is 29.2 Å². The molecule has 0 atom stereocenters. The fourth-order valence-electron chi connectivity index (χ4n) is 1.54. The van der Waals surface area contributed by atoms with Crippen molar-refractivity contribution in [3.8, 4) is 0 Å². The fourth-order valence-corrected chi connectivity index (χ4v) is 1.68. The summed E-state index contributed by atoms with van der Waals surface area (Å²) in [7, 11) is 0. The van der Waals surface area contributed by atoms with E-state index in [2.05, 4.69) is 4.98 Å². The molecule has 1 heterocycles. The van der Waals surface area contributed by atoms with Crippen molar-refractivity contribution >= 4 is 27.7 Å². The average Bonchev–Trinajstić information content (AvgIpc) is 2.27. The Bertz CT molecular complexity index is 691. The molecule has 0 saturated heterocycles. The maximum Gasteiger partial charge on any atom is 0.416 e. The predicted octanol–water partition coefficient (Wildman–Crippen LogP) is 2.93. The van der Waals surface area contributed by atoms with Gasteiger partial charge in [0, 0.05) is 17.1 Å². The Kier molecular flexibility index (Phi) is 2.90. The number of aromatic nitrogens is 1. The van der Waals surface area contributed by atoms with Crippen LogP contribution in [0.25, 0.3) is 10.9 Å². The van der Waals surface area contributed by atoms with Crippen LogP contribution in [0.3, 0.4) is 0 Å². The number of carbonyl (C=O) groups excluding carboxylic acids is 1. The number of aromatic amines is 1. The lowest BCUT2D eigenvalue weighted by atomic mass is 10.1. The van der Waals surface area contributed by atoms with Crippen LogP contribution in [0.4, 0.5) is 13.2 Å². The first-order valence-corrected chi connectivity index (χ1v) is 5.11. The van der Waals surface area contributed by atoms with E-state index in [1.165, 1.54) is 0 Å². The van der Waals surface area contributed by atoms with Crippen LogP contribution >= 0.6 is 11.6 Å². The van der Waals surface area contributed by atoms with Crippen molar-refractivity contribution in [2.24, 2.45) is 0 Å². The molecule has 7 heteroatoms. The van der Waals surface area contributed by atoms with E-state index in [1.54, 1.807) is 0 Å². The normalized spacial score (nSPS) is 11.8. The zero-order chi connectivity index (χ0) is 13.5. The zero-order valence-electron chi connectivity index (χ0n) is 8.64. The summed E-state index contributed by atoms with van der Waals surface area (Å²) in [6, 6.07) is 2.67. The molecule has 3 nitrogen and oxygen atoms in total. The molecule has 0 spiro atoms. The van der Waals surface area contributed by atoms with Crippen LogP contribution in [0.2, 0.25) is 0 Å². The third-order valence-corrected chi connectivity index (χ3v) is 2.62. The van der Waals surface area contributed by atoms with Crippen molar-refractivity contribution in [3.05, 3.63) is 45.7 Å². The Balaban J connectivity index is 2.79. The van der Waals surface area contributed by atoms with Crippen molar-refractivity contribution in [1.82, 2.24) is 4.98 Å². The van der Waals surface area contributed by atoms with Crippen LogP contribution in [-0.4, -0.2) is 10.2 Å². The van der Waals surface area contributed by atoms with Gasteiger partial charge >= 0.3 is 6.18 Å². The second-order valence-electron chi connectivity index (χ2n) is 3.56. The van der Waals surface area contributed by atoms with Gasteiger partial charge in [0.15, 0.2) is 0 Å². The molecule has 0 bridgehead atoms. The van der Waals surface area contributed by atoms with Gasteiger partial charge in [0.2, 0.25) is 5.43 Å². The van der Waals surface area contributed by atoms with Crippen LogP contribution < -0.4 is 5.43 Å². The van der Waals surface area contributed by atoms with Crippen molar-refractivity contribution in [2.75, 3.05) is 0 Å². The van der Waals surface area contributed by atoms with E-state index >= 15 is 0 Å².